The first-order valence-corrected chi connectivity index (χ1v) is 16.1. The smallest absolute Gasteiger partial charge is 0.294 e. The predicted molar refractivity (Wildman–Crippen MR) is 179 cm³/mol. The van der Waals surface area contributed by atoms with Crippen LogP contribution in [0, 0.1) is 6.92 Å². The Kier molecular flexibility index (Phi) is 10.5. The summed E-state index contributed by atoms with van der Waals surface area (Å²) in [6.45, 7) is 5.93. The maximum absolute atomic E-state index is 13.2. The highest BCUT2D eigenvalue weighted by Crippen LogP contribution is 2.38. The second-order valence-electron chi connectivity index (χ2n) is 10.4. The molecule has 2 fully saturated rings. The summed E-state index contributed by atoms with van der Waals surface area (Å²) in [5, 5.41) is 2.29. The molecule has 0 saturated carbocycles. The summed E-state index contributed by atoms with van der Waals surface area (Å²) in [7, 11) is 0. The largest absolute Gasteiger partial charge is 0.490 e. The molecule has 0 aliphatic carbocycles. The van der Waals surface area contributed by atoms with Gasteiger partial charge >= 0.3 is 0 Å². The first-order chi connectivity index (χ1) is 21.7. The van der Waals surface area contributed by atoms with Crippen LogP contribution in [-0.2, 0) is 14.4 Å². The number of piperazine rings is 1. The molecule has 2 saturated heterocycles. The molecule has 0 bridgehead atoms. The van der Waals surface area contributed by atoms with E-state index in [1.807, 2.05) is 68.4 Å². The molecule has 4 amide bonds. The van der Waals surface area contributed by atoms with Crippen molar-refractivity contribution >= 4 is 68.1 Å². The number of halogens is 1. The molecule has 2 aliphatic heterocycles. The van der Waals surface area contributed by atoms with Crippen LogP contribution in [0.1, 0.15) is 18.1 Å². The number of carbonyl (C=O) groups excluding carboxylic acids is 4. The number of rotatable bonds is 10. The van der Waals surface area contributed by atoms with Gasteiger partial charge in [0.2, 0.25) is 5.91 Å². The van der Waals surface area contributed by atoms with Gasteiger partial charge in [0, 0.05) is 42.0 Å². The van der Waals surface area contributed by atoms with E-state index >= 15 is 0 Å². The molecule has 0 spiro atoms. The van der Waals surface area contributed by atoms with Crippen molar-refractivity contribution in [3.05, 3.63) is 87.2 Å². The van der Waals surface area contributed by atoms with Crippen LogP contribution in [-0.4, -0.2) is 78.7 Å². The molecular formula is C33H33BrN4O6S. The molecule has 0 atom stereocenters. The Balaban J connectivity index is 1.21. The summed E-state index contributed by atoms with van der Waals surface area (Å²) in [5.74, 6) is -0.411. The van der Waals surface area contributed by atoms with Crippen molar-refractivity contribution in [2.24, 2.45) is 0 Å². The fraction of sp³-hybridized carbons (Fsp3) is 0.273. The van der Waals surface area contributed by atoms with E-state index in [1.165, 1.54) is 0 Å². The second kappa shape index (κ2) is 14.7. The van der Waals surface area contributed by atoms with E-state index in [-0.39, 0.29) is 29.9 Å². The number of hydrogen-bond acceptors (Lipinski definition) is 8. The average Bonchev–Trinajstić information content (AvgIpc) is 3.30. The van der Waals surface area contributed by atoms with Crippen LogP contribution in [0.2, 0.25) is 0 Å². The second-order valence-corrected chi connectivity index (χ2v) is 12.3. The topological polar surface area (TPSA) is 108 Å². The summed E-state index contributed by atoms with van der Waals surface area (Å²) in [6.07, 6.45) is 1.58. The van der Waals surface area contributed by atoms with Crippen molar-refractivity contribution in [1.29, 1.82) is 0 Å². The van der Waals surface area contributed by atoms with Crippen molar-refractivity contribution in [3.63, 3.8) is 0 Å². The number of aryl methyl sites for hydroxylation is 1. The van der Waals surface area contributed by atoms with Crippen molar-refractivity contribution in [2.75, 3.05) is 56.2 Å². The summed E-state index contributed by atoms with van der Waals surface area (Å²) in [6, 6.07) is 20.8. The van der Waals surface area contributed by atoms with E-state index in [2.05, 4.69) is 26.1 Å². The lowest BCUT2D eigenvalue weighted by molar-refractivity contribution is -0.136. The molecule has 1 N–H and O–H groups in total. The van der Waals surface area contributed by atoms with E-state index in [1.54, 1.807) is 23.1 Å². The SMILES string of the molecule is CCOc1cc(/C=C2/SC(=O)N(CC(=O)N3CCN(c4ccccc4)CC3)C2=O)c(Br)cc1OCC(=O)Nc1ccc(C)cc1. The minimum atomic E-state index is -0.528. The summed E-state index contributed by atoms with van der Waals surface area (Å²) in [4.78, 5) is 56.6. The van der Waals surface area contributed by atoms with Gasteiger partial charge < -0.3 is 24.6 Å². The molecule has 0 unspecified atom stereocenters. The molecule has 3 aromatic carbocycles. The predicted octanol–water partition coefficient (Wildman–Crippen LogP) is 5.56. The first kappa shape index (κ1) is 32.1. The number of hydrogen-bond donors (Lipinski definition) is 1. The molecule has 45 heavy (non-hydrogen) atoms. The van der Waals surface area contributed by atoms with E-state index in [0.717, 1.165) is 27.9 Å². The highest BCUT2D eigenvalue weighted by atomic mass is 79.9. The highest BCUT2D eigenvalue weighted by Gasteiger charge is 2.37. The van der Waals surface area contributed by atoms with E-state index in [9.17, 15) is 19.2 Å². The van der Waals surface area contributed by atoms with Crippen LogP contribution in [0.3, 0.4) is 0 Å². The Labute approximate surface area is 274 Å². The molecule has 234 valence electrons. The van der Waals surface area contributed by atoms with E-state index < -0.39 is 11.1 Å². The lowest BCUT2D eigenvalue weighted by atomic mass is 10.1. The molecule has 0 aromatic heterocycles. The van der Waals surface area contributed by atoms with Gasteiger partial charge in [0.25, 0.3) is 17.1 Å². The minimum Gasteiger partial charge on any atom is -0.490 e. The number of benzene rings is 3. The van der Waals surface area contributed by atoms with Gasteiger partial charge in [-0.15, -0.1) is 0 Å². The van der Waals surface area contributed by atoms with Gasteiger partial charge in [0.15, 0.2) is 18.1 Å². The Bertz CT molecular complexity index is 1610. The van der Waals surface area contributed by atoms with Gasteiger partial charge in [-0.1, -0.05) is 51.8 Å². The molecule has 3 aromatic rings. The highest BCUT2D eigenvalue weighted by molar-refractivity contribution is 9.10. The Morgan fingerprint density at radius 3 is 2.33 bits per heavy atom. The molecule has 2 heterocycles. The molecule has 2 aliphatic rings. The maximum atomic E-state index is 13.2. The van der Waals surface area contributed by atoms with Crippen LogP contribution in [0.4, 0.5) is 16.2 Å². The zero-order valence-corrected chi connectivity index (χ0v) is 27.4. The van der Waals surface area contributed by atoms with Crippen molar-refractivity contribution in [2.45, 2.75) is 13.8 Å². The number of amides is 4. The van der Waals surface area contributed by atoms with E-state index in [0.29, 0.717) is 60.0 Å². The zero-order valence-electron chi connectivity index (χ0n) is 25.0. The third-order valence-corrected chi connectivity index (χ3v) is 8.86. The number of thioether (sulfide) groups is 1. The summed E-state index contributed by atoms with van der Waals surface area (Å²) < 4.78 is 12.1. The fourth-order valence-corrected chi connectivity index (χ4v) is 6.15. The van der Waals surface area contributed by atoms with Crippen LogP contribution in [0.25, 0.3) is 6.08 Å². The third-order valence-electron chi connectivity index (χ3n) is 7.26. The number of para-hydroxylation sites is 1. The molecule has 5 rings (SSSR count). The molecule has 0 radical (unpaired) electrons. The number of anilines is 2. The van der Waals surface area contributed by atoms with Crippen LogP contribution < -0.4 is 19.7 Å². The zero-order chi connectivity index (χ0) is 31.9. The third kappa shape index (κ3) is 8.06. The van der Waals surface area contributed by atoms with Gasteiger partial charge in [0.1, 0.15) is 6.54 Å². The summed E-state index contributed by atoms with van der Waals surface area (Å²) >= 11 is 4.29. The van der Waals surface area contributed by atoms with Gasteiger partial charge in [-0.2, -0.15) is 0 Å². The maximum Gasteiger partial charge on any atom is 0.294 e. The summed E-state index contributed by atoms with van der Waals surface area (Å²) in [5.41, 5.74) is 3.42. The average molecular weight is 694 g/mol. The number of imide groups is 1. The lowest BCUT2D eigenvalue weighted by Crippen LogP contribution is -2.51. The van der Waals surface area contributed by atoms with Gasteiger partial charge in [-0.25, -0.2) is 0 Å². The number of ether oxygens (including phenoxy) is 2. The molecular weight excluding hydrogens is 660 g/mol. The standard InChI is InChI=1S/C33H33BrN4O6S/c1-3-43-27-17-23(26(34)19-28(27)44-21-30(39)35-24-11-9-22(2)10-12-24)18-29-32(41)38(33(42)45-29)20-31(40)37-15-13-36(14-16-37)25-7-5-4-6-8-25/h4-12,17-19H,3,13-16,20-21H2,1-2H3,(H,35,39)/b29-18+. The quantitative estimate of drug-likeness (QED) is 0.275. The monoisotopic (exact) mass is 692 g/mol. The van der Waals surface area contributed by atoms with Gasteiger partial charge in [0.05, 0.1) is 11.5 Å². The van der Waals surface area contributed by atoms with E-state index in [4.69, 9.17) is 9.47 Å². The Morgan fingerprint density at radius 2 is 1.64 bits per heavy atom. The normalized spacial score (nSPS) is 15.9. The number of nitrogens with zero attached hydrogens (tertiary/aromatic N) is 3. The minimum absolute atomic E-state index is 0.191. The van der Waals surface area contributed by atoms with Crippen LogP contribution in [0.15, 0.2) is 76.1 Å². The van der Waals surface area contributed by atoms with Crippen molar-refractivity contribution in [1.82, 2.24) is 9.80 Å². The molecule has 12 heteroatoms. The molecule has 10 nitrogen and oxygen atoms in total. The number of carbonyl (C=O) groups is 4. The fourth-order valence-electron chi connectivity index (χ4n) is 4.89. The Hall–Kier alpha value is -4.29. The van der Waals surface area contributed by atoms with Crippen molar-refractivity contribution in [3.8, 4) is 11.5 Å². The van der Waals surface area contributed by atoms with Gasteiger partial charge in [-0.3, -0.25) is 24.1 Å². The van der Waals surface area contributed by atoms with Crippen LogP contribution in [0.5, 0.6) is 11.5 Å². The van der Waals surface area contributed by atoms with Crippen molar-refractivity contribution < 1.29 is 28.7 Å². The lowest BCUT2D eigenvalue weighted by Gasteiger charge is -2.36. The number of nitrogens with one attached hydrogen (secondary N) is 1. The van der Waals surface area contributed by atoms with Crippen LogP contribution >= 0.6 is 27.7 Å². The Morgan fingerprint density at radius 1 is 0.956 bits per heavy atom. The van der Waals surface area contributed by atoms with Gasteiger partial charge in [-0.05, 0) is 73.6 Å². The first-order valence-electron chi connectivity index (χ1n) is 14.5.